The number of ether oxygens (including phenoxy) is 2. The van der Waals surface area contributed by atoms with E-state index in [1.54, 1.807) is 13.8 Å². The SMILES string of the molecule is CC(O)CI.CC(O)CO.CC1COC(=O)O1. The summed E-state index contributed by atoms with van der Waals surface area (Å²) >= 11 is 2.13. The second kappa shape index (κ2) is 12.3. The fourth-order valence-corrected chi connectivity index (χ4v) is 0.418. The number of aliphatic hydroxyl groups is 3. The number of carbonyl (C=O) groups is 1. The maximum atomic E-state index is 10.0. The van der Waals surface area contributed by atoms with Gasteiger partial charge in [-0.1, -0.05) is 22.6 Å². The van der Waals surface area contributed by atoms with Crippen molar-refractivity contribution in [2.75, 3.05) is 17.6 Å². The first-order valence-corrected chi connectivity index (χ1v) is 6.72. The van der Waals surface area contributed by atoms with Crippen LogP contribution in [0.25, 0.3) is 0 Å². The lowest BCUT2D eigenvalue weighted by atomic mass is 10.5. The largest absolute Gasteiger partial charge is 0.508 e. The molecule has 0 aliphatic carbocycles. The highest BCUT2D eigenvalue weighted by atomic mass is 127. The Balaban J connectivity index is 0. The minimum Gasteiger partial charge on any atom is -0.430 e. The van der Waals surface area contributed by atoms with Gasteiger partial charge in [0.15, 0.2) is 0 Å². The molecule has 0 aromatic heterocycles. The molecule has 104 valence electrons. The Kier molecular flexibility index (Phi) is 14.0. The molecule has 0 amide bonds. The molecular formula is C10H21IO6. The number of rotatable bonds is 2. The molecule has 7 heteroatoms. The lowest BCUT2D eigenvalue weighted by Crippen LogP contribution is -2.03. The van der Waals surface area contributed by atoms with Crippen molar-refractivity contribution >= 4 is 28.7 Å². The van der Waals surface area contributed by atoms with Gasteiger partial charge in [0.1, 0.15) is 12.7 Å². The minimum atomic E-state index is -0.560. The molecule has 1 rings (SSSR count). The van der Waals surface area contributed by atoms with Gasteiger partial charge in [-0.3, -0.25) is 0 Å². The first-order chi connectivity index (χ1) is 7.83. The zero-order valence-electron chi connectivity index (χ0n) is 10.3. The van der Waals surface area contributed by atoms with E-state index in [1.165, 1.54) is 6.92 Å². The topological polar surface area (TPSA) is 96.2 Å². The van der Waals surface area contributed by atoms with Crippen LogP contribution in [0.1, 0.15) is 20.8 Å². The number of hydrogen-bond donors (Lipinski definition) is 3. The van der Waals surface area contributed by atoms with Gasteiger partial charge in [0.05, 0.1) is 18.8 Å². The van der Waals surface area contributed by atoms with Crippen molar-refractivity contribution in [2.24, 2.45) is 0 Å². The lowest BCUT2D eigenvalue weighted by molar-refractivity contribution is 0.110. The van der Waals surface area contributed by atoms with E-state index in [-0.39, 0.29) is 18.8 Å². The van der Waals surface area contributed by atoms with Crippen LogP contribution in [0.4, 0.5) is 4.79 Å². The molecule has 3 unspecified atom stereocenters. The Hall–Kier alpha value is -0.120. The average molecular weight is 364 g/mol. The van der Waals surface area contributed by atoms with Gasteiger partial charge in [-0.25, -0.2) is 4.79 Å². The van der Waals surface area contributed by atoms with Crippen LogP contribution in [-0.2, 0) is 9.47 Å². The fourth-order valence-electron chi connectivity index (χ4n) is 0.418. The minimum absolute atomic E-state index is 0.0486. The highest BCUT2D eigenvalue weighted by molar-refractivity contribution is 14.1. The van der Waals surface area contributed by atoms with E-state index in [1.807, 2.05) is 0 Å². The molecule has 1 saturated heterocycles. The van der Waals surface area contributed by atoms with Crippen LogP contribution in [0.15, 0.2) is 0 Å². The first-order valence-electron chi connectivity index (χ1n) is 5.19. The van der Waals surface area contributed by atoms with Gasteiger partial charge in [-0.15, -0.1) is 0 Å². The molecule has 1 aliphatic rings. The first kappa shape index (κ1) is 19.2. The molecule has 1 fully saturated rings. The summed E-state index contributed by atoms with van der Waals surface area (Å²) in [5, 5.41) is 24.4. The van der Waals surface area contributed by atoms with E-state index in [4.69, 9.17) is 15.3 Å². The van der Waals surface area contributed by atoms with Crippen LogP contribution in [-0.4, -0.2) is 57.4 Å². The number of halogens is 1. The average Bonchev–Trinajstić information content (AvgIpc) is 2.64. The van der Waals surface area contributed by atoms with Crippen molar-refractivity contribution in [1.82, 2.24) is 0 Å². The van der Waals surface area contributed by atoms with Crippen molar-refractivity contribution in [3.05, 3.63) is 0 Å². The van der Waals surface area contributed by atoms with Gasteiger partial charge in [-0.05, 0) is 20.8 Å². The smallest absolute Gasteiger partial charge is 0.430 e. The van der Waals surface area contributed by atoms with Crippen molar-refractivity contribution in [2.45, 2.75) is 39.1 Å². The van der Waals surface area contributed by atoms with E-state index in [0.717, 1.165) is 4.43 Å². The van der Waals surface area contributed by atoms with Gasteiger partial charge in [-0.2, -0.15) is 0 Å². The molecule has 0 saturated carbocycles. The predicted octanol–water partition coefficient (Wildman–Crippen LogP) is 0.703. The van der Waals surface area contributed by atoms with Crippen molar-refractivity contribution in [3.8, 4) is 0 Å². The maximum absolute atomic E-state index is 10.0. The third kappa shape index (κ3) is 18.4. The Labute approximate surface area is 115 Å². The fraction of sp³-hybridized carbons (Fsp3) is 0.900. The molecule has 6 nitrogen and oxygen atoms in total. The number of cyclic esters (lactones) is 2. The van der Waals surface area contributed by atoms with Crippen LogP contribution in [0, 0.1) is 0 Å². The molecule has 1 heterocycles. The monoisotopic (exact) mass is 364 g/mol. The van der Waals surface area contributed by atoms with Gasteiger partial charge in [0.2, 0.25) is 0 Å². The lowest BCUT2D eigenvalue weighted by Gasteiger charge is -1.90. The Morgan fingerprint density at radius 2 is 1.82 bits per heavy atom. The number of aliphatic hydroxyl groups excluding tert-OH is 3. The third-order valence-corrected chi connectivity index (χ3v) is 2.50. The van der Waals surface area contributed by atoms with E-state index >= 15 is 0 Å². The number of carbonyl (C=O) groups excluding carboxylic acids is 1. The quantitative estimate of drug-likeness (QED) is 0.379. The molecule has 0 aromatic carbocycles. The Bertz CT molecular complexity index is 178. The molecule has 0 spiro atoms. The summed E-state index contributed by atoms with van der Waals surface area (Å²) < 4.78 is 9.74. The van der Waals surface area contributed by atoms with Crippen molar-refractivity contribution < 1.29 is 29.6 Å². The molecule has 1 aliphatic heterocycles. The molecule has 3 atom stereocenters. The summed E-state index contributed by atoms with van der Waals surface area (Å²) in [5.41, 5.74) is 0. The van der Waals surface area contributed by atoms with Gasteiger partial charge < -0.3 is 24.8 Å². The summed E-state index contributed by atoms with van der Waals surface area (Å²) in [6.07, 6.45) is -1.29. The zero-order chi connectivity index (χ0) is 13.8. The summed E-state index contributed by atoms with van der Waals surface area (Å²) in [6, 6.07) is 0. The maximum Gasteiger partial charge on any atom is 0.508 e. The highest BCUT2D eigenvalue weighted by Crippen LogP contribution is 2.02. The molecule has 3 N–H and O–H groups in total. The zero-order valence-corrected chi connectivity index (χ0v) is 12.5. The van der Waals surface area contributed by atoms with E-state index in [2.05, 4.69) is 32.1 Å². The number of hydrogen-bond acceptors (Lipinski definition) is 6. The molecule has 17 heavy (non-hydrogen) atoms. The second-order valence-electron chi connectivity index (χ2n) is 3.52. The van der Waals surface area contributed by atoms with Gasteiger partial charge >= 0.3 is 6.16 Å². The number of alkyl halides is 1. The van der Waals surface area contributed by atoms with Crippen LogP contribution in [0.3, 0.4) is 0 Å². The van der Waals surface area contributed by atoms with Crippen molar-refractivity contribution in [1.29, 1.82) is 0 Å². The summed E-state index contributed by atoms with van der Waals surface area (Å²) in [6.45, 7) is 5.34. The standard InChI is InChI=1S/C4H6O3.C3H7IO.C3H8O2/c1-3-2-6-4(5)7-3;2*1-3(5)2-4/h3H,2H2,1H3;3,5H,2H2,1H3;3-5H,2H2,1H3. The predicted molar refractivity (Wildman–Crippen MR) is 71.2 cm³/mol. The molecule has 0 radical (unpaired) electrons. The molecule has 0 bridgehead atoms. The third-order valence-electron chi connectivity index (χ3n) is 1.22. The molecular weight excluding hydrogens is 343 g/mol. The van der Waals surface area contributed by atoms with Crippen molar-refractivity contribution in [3.63, 3.8) is 0 Å². The Morgan fingerprint density at radius 1 is 1.41 bits per heavy atom. The van der Waals surface area contributed by atoms with Crippen LogP contribution in [0.5, 0.6) is 0 Å². The Morgan fingerprint density at radius 3 is 1.88 bits per heavy atom. The molecule has 0 aromatic rings. The summed E-state index contributed by atoms with van der Waals surface area (Å²) in [5.74, 6) is 0. The van der Waals surface area contributed by atoms with E-state index in [0.29, 0.717) is 6.61 Å². The van der Waals surface area contributed by atoms with Gasteiger partial charge in [0.25, 0.3) is 0 Å². The van der Waals surface area contributed by atoms with Crippen LogP contribution >= 0.6 is 22.6 Å². The van der Waals surface area contributed by atoms with Crippen LogP contribution < -0.4 is 0 Å². The van der Waals surface area contributed by atoms with E-state index in [9.17, 15) is 4.79 Å². The normalized spacial score (nSPS) is 20.9. The van der Waals surface area contributed by atoms with Gasteiger partial charge in [0, 0.05) is 4.43 Å². The van der Waals surface area contributed by atoms with Crippen LogP contribution in [0.2, 0.25) is 0 Å². The highest BCUT2D eigenvalue weighted by Gasteiger charge is 2.19. The summed E-state index contributed by atoms with van der Waals surface area (Å²) in [7, 11) is 0. The van der Waals surface area contributed by atoms with E-state index < -0.39 is 12.3 Å². The summed E-state index contributed by atoms with van der Waals surface area (Å²) in [4.78, 5) is 10.0. The second-order valence-corrected chi connectivity index (χ2v) is 4.41.